The number of benzene rings is 1. The average molecular weight is 264 g/mol. The molecule has 18 heavy (non-hydrogen) atoms. The molecule has 0 aliphatic heterocycles. The Bertz CT molecular complexity index is 370. The Kier molecular flexibility index (Phi) is 5.32. The summed E-state index contributed by atoms with van der Waals surface area (Å²) < 4.78 is 12.1. The maximum Gasteiger partial charge on any atom is 0.187 e. The van der Waals surface area contributed by atoms with Crippen LogP contribution in [0.3, 0.4) is 0 Å². The number of ether oxygens (including phenoxy) is 1. The lowest BCUT2D eigenvalue weighted by Crippen LogP contribution is -2.42. The van der Waals surface area contributed by atoms with E-state index in [4.69, 9.17) is 9.16 Å². The van der Waals surface area contributed by atoms with Crippen LogP contribution >= 0.6 is 0 Å². The second-order valence-corrected chi connectivity index (χ2v) is 10.0. The first kappa shape index (κ1) is 15.2. The number of rotatable bonds is 7. The zero-order valence-electron chi connectivity index (χ0n) is 11.9. The van der Waals surface area contributed by atoms with Gasteiger partial charge in [0.05, 0.1) is 6.61 Å². The summed E-state index contributed by atoms with van der Waals surface area (Å²) in [5.74, 6) is -0.567. The molecule has 0 aliphatic carbocycles. The van der Waals surface area contributed by atoms with Crippen molar-refractivity contribution in [1.29, 1.82) is 0 Å². The van der Waals surface area contributed by atoms with E-state index in [0.29, 0.717) is 13.0 Å². The van der Waals surface area contributed by atoms with E-state index in [1.165, 1.54) is 0 Å². The molecule has 0 radical (unpaired) electrons. The van der Waals surface area contributed by atoms with E-state index in [1.807, 2.05) is 31.2 Å². The molecular formula is C15H24O2Si. The lowest BCUT2D eigenvalue weighted by atomic mass is 10.2. The maximum atomic E-state index is 6.13. The van der Waals surface area contributed by atoms with Crippen molar-refractivity contribution in [2.45, 2.75) is 45.4 Å². The first-order chi connectivity index (χ1) is 8.35. The van der Waals surface area contributed by atoms with Crippen molar-refractivity contribution in [1.82, 2.24) is 0 Å². The fourth-order valence-electron chi connectivity index (χ4n) is 1.85. The van der Waals surface area contributed by atoms with Gasteiger partial charge in [-0.2, -0.15) is 0 Å². The molecule has 0 bridgehead atoms. The number of hydrogen-bond acceptors (Lipinski definition) is 2. The Morgan fingerprint density at radius 3 is 2.33 bits per heavy atom. The molecule has 0 amide bonds. The van der Waals surface area contributed by atoms with Crippen LogP contribution in [-0.4, -0.2) is 14.1 Å². The normalized spacial score (nSPS) is 15.1. The summed E-state index contributed by atoms with van der Waals surface area (Å²) in [7, 11) is -1.64. The third-order valence-corrected chi connectivity index (χ3v) is 3.47. The van der Waals surface area contributed by atoms with Gasteiger partial charge in [0.25, 0.3) is 0 Å². The lowest BCUT2D eigenvalue weighted by Gasteiger charge is -2.35. The van der Waals surface area contributed by atoms with Gasteiger partial charge in [0, 0.05) is 6.42 Å². The van der Waals surface area contributed by atoms with Gasteiger partial charge in [-0.15, -0.1) is 6.58 Å². The van der Waals surface area contributed by atoms with Crippen molar-refractivity contribution in [3.05, 3.63) is 48.6 Å². The zero-order chi connectivity index (χ0) is 13.6. The second-order valence-electron chi connectivity index (χ2n) is 5.62. The molecule has 0 N–H and O–H groups in total. The quantitative estimate of drug-likeness (QED) is 0.414. The minimum Gasteiger partial charge on any atom is -0.391 e. The Morgan fingerprint density at radius 1 is 1.22 bits per heavy atom. The third kappa shape index (κ3) is 5.62. The maximum absolute atomic E-state index is 6.13. The number of hydrogen-bond donors (Lipinski definition) is 0. The molecule has 0 fully saturated rings. The molecule has 0 aliphatic rings. The van der Waals surface area contributed by atoms with E-state index in [9.17, 15) is 0 Å². The molecule has 3 heteroatoms. The highest BCUT2D eigenvalue weighted by Crippen LogP contribution is 2.24. The molecule has 2 nitrogen and oxygen atoms in total. The van der Waals surface area contributed by atoms with Crippen LogP contribution in [0.5, 0.6) is 0 Å². The van der Waals surface area contributed by atoms with Gasteiger partial charge in [-0.25, -0.2) is 0 Å². The molecule has 1 aromatic carbocycles. The third-order valence-electron chi connectivity index (χ3n) is 2.42. The first-order valence-corrected chi connectivity index (χ1v) is 9.74. The molecule has 0 saturated heterocycles. The molecule has 0 heterocycles. The van der Waals surface area contributed by atoms with E-state index < -0.39 is 14.1 Å². The minimum absolute atomic E-state index is 0.565. The van der Waals surface area contributed by atoms with Crippen molar-refractivity contribution in [3.8, 4) is 0 Å². The van der Waals surface area contributed by atoms with Crippen molar-refractivity contribution >= 4 is 8.32 Å². The summed E-state index contributed by atoms with van der Waals surface area (Å²) in [6, 6.07) is 10.2. The Balaban J connectivity index is 2.65. The van der Waals surface area contributed by atoms with Crippen LogP contribution in [-0.2, 0) is 15.8 Å². The molecule has 1 rings (SSSR count). The van der Waals surface area contributed by atoms with Crippen LogP contribution in [0.1, 0.15) is 18.9 Å². The first-order valence-electron chi connectivity index (χ1n) is 6.34. The zero-order valence-corrected chi connectivity index (χ0v) is 12.9. The Hall–Kier alpha value is -0.903. The molecule has 0 spiro atoms. The van der Waals surface area contributed by atoms with E-state index >= 15 is 0 Å². The summed E-state index contributed by atoms with van der Waals surface area (Å²) in [5.41, 5.74) is 1.16. The topological polar surface area (TPSA) is 18.5 Å². The van der Waals surface area contributed by atoms with E-state index in [2.05, 4.69) is 38.4 Å². The van der Waals surface area contributed by atoms with E-state index in [-0.39, 0.29) is 0 Å². The minimum atomic E-state index is -1.64. The molecule has 0 saturated carbocycles. The smallest absolute Gasteiger partial charge is 0.187 e. The average Bonchev–Trinajstić information content (AvgIpc) is 2.26. The molecule has 1 unspecified atom stereocenters. The van der Waals surface area contributed by atoms with Gasteiger partial charge in [-0.05, 0) is 32.1 Å². The van der Waals surface area contributed by atoms with Crippen molar-refractivity contribution < 1.29 is 9.16 Å². The van der Waals surface area contributed by atoms with Gasteiger partial charge >= 0.3 is 0 Å². The lowest BCUT2D eigenvalue weighted by molar-refractivity contribution is -0.181. The second kappa shape index (κ2) is 6.32. The summed E-state index contributed by atoms with van der Waals surface area (Å²) in [5, 5.41) is 0. The molecule has 1 atom stereocenters. The standard InChI is InChI=1S/C15H24O2Si/c1-6-12-15(2,17-18(3,4)5)16-13-14-10-8-7-9-11-14/h6-11H,1,12-13H2,2-5H3. The van der Waals surface area contributed by atoms with E-state index in [0.717, 1.165) is 5.56 Å². The molecular weight excluding hydrogens is 240 g/mol. The summed E-state index contributed by atoms with van der Waals surface area (Å²) in [4.78, 5) is 0. The SMILES string of the molecule is C=CCC(C)(OCc1ccccc1)O[Si](C)(C)C. The molecule has 0 aromatic heterocycles. The highest BCUT2D eigenvalue weighted by molar-refractivity contribution is 6.69. The predicted molar refractivity (Wildman–Crippen MR) is 78.9 cm³/mol. The highest BCUT2D eigenvalue weighted by atomic mass is 28.4. The fourth-order valence-corrected chi connectivity index (χ4v) is 3.29. The predicted octanol–water partition coefficient (Wildman–Crippen LogP) is 4.35. The van der Waals surface area contributed by atoms with Crippen molar-refractivity contribution in [2.75, 3.05) is 0 Å². The van der Waals surface area contributed by atoms with Gasteiger partial charge < -0.3 is 9.16 Å². The summed E-state index contributed by atoms with van der Waals surface area (Å²) >= 11 is 0. The molecule has 1 aromatic rings. The van der Waals surface area contributed by atoms with Crippen LogP contribution in [0, 0.1) is 0 Å². The summed E-state index contributed by atoms with van der Waals surface area (Å²) in [6.07, 6.45) is 2.55. The summed E-state index contributed by atoms with van der Waals surface area (Å²) in [6.45, 7) is 12.8. The largest absolute Gasteiger partial charge is 0.391 e. The molecule has 100 valence electrons. The van der Waals surface area contributed by atoms with Gasteiger partial charge in [0.1, 0.15) is 0 Å². The van der Waals surface area contributed by atoms with Crippen molar-refractivity contribution in [2.24, 2.45) is 0 Å². The monoisotopic (exact) mass is 264 g/mol. The van der Waals surface area contributed by atoms with Crippen LogP contribution in [0.4, 0.5) is 0 Å². The van der Waals surface area contributed by atoms with E-state index in [1.54, 1.807) is 0 Å². The van der Waals surface area contributed by atoms with Crippen LogP contribution in [0.2, 0.25) is 19.6 Å². The Labute approximate surface area is 112 Å². The van der Waals surface area contributed by atoms with Crippen LogP contribution in [0.15, 0.2) is 43.0 Å². The van der Waals surface area contributed by atoms with Crippen molar-refractivity contribution in [3.63, 3.8) is 0 Å². The van der Waals surface area contributed by atoms with Crippen LogP contribution < -0.4 is 0 Å². The highest BCUT2D eigenvalue weighted by Gasteiger charge is 2.31. The van der Waals surface area contributed by atoms with Gasteiger partial charge in [0.2, 0.25) is 0 Å². The van der Waals surface area contributed by atoms with Gasteiger partial charge in [-0.1, -0.05) is 36.4 Å². The fraction of sp³-hybridized carbons (Fsp3) is 0.467. The van der Waals surface area contributed by atoms with Gasteiger partial charge in [-0.3, -0.25) is 0 Å². The van der Waals surface area contributed by atoms with Crippen LogP contribution in [0.25, 0.3) is 0 Å². The van der Waals surface area contributed by atoms with Gasteiger partial charge in [0.15, 0.2) is 14.1 Å². The Morgan fingerprint density at radius 2 is 1.83 bits per heavy atom.